The van der Waals surface area contributed by atoms with E-state index in [1.807, 2.05) is 38.1 Å². The van der Waals surface area contributed by atoms with Crippen molar-refractivity contribution >= 4 is 28.7 Å². The molecule has 0 spiro atoms. The number of nitrogens with zero attached hydrogens (tertiary/aromatic N) is 2. The zero-order valence-corrected chi connectivity index (χ0v) is 18.0. The highest BCUT2D eigenvalue weighted by Gasteiger charge is 2.33. The van der Waals surface area contributed by atoms with E-state index in [0.717, 1.165) is 41.3 Å². The smallest absolute Gasteiger partial charge is 0.189 e. The van der Waals surface area contributed by atoms with Gasteiger partial charge in [0, 0.05) is 11.4 Å². The van der Waals surface area contributed by atoms with E-state index in [2.05, 4.69) is 47.9 Å². The molecule has 2 aromatic carbocycles. The van der Waals surface area contributed by atoms with Gasteiger partial charge in [-0.2, -0.15) is 0 Å². The first-order valence-electron chi connectivity index (χ1n) is 9.92. The van der Waals surface area contributed by atoms with Crippen LogP contribution in [0.15, 0.2) is 48.5 Å². The van der Waals surface area contributed by atoms with Crippen molar-refractivity contribution in [1.29, 1.82) is 0 Å². The van der Waals surface area contributed by atoms with Gasteiger partial charge in [0.25, 0.3) is 0 Å². The maximum absolute atomic E-state index is 5.90. The lowest BCUT2D eigenvalue weighted by atomic mass is 10.2. The molecule has 28 heavy (non-hydrogen) atoms. The second-order valence-electron chi connectivity index (χ2n) is 7.12. The first-order valence-corrected chi connectivity index (χ1v) is 10.3. The van der Waals surface area contributed by atoms with Crippen LogP contribution in [0.4, 0.5) is 11.4 Å². The van der Waals surface area contributed by atoms with E-state index >= 15 is 0 Å². The zero-order valence-electron chi connectivity index (χ0n) is 17.1. The van der Waals surface area contributed by atoms with Crippen molar-refractivity contribution in [2.24, 2.45) is 0 Å². The highest BCUT2D eigenvalue weighted by atomic mass is 32.1. The zero-order chi connectivity index (χ0) is 20.1. The van der Waals surface area contributed by atoms with Gasteiger partial charge in [0.05, 0.1) is 19.3 Å². The van der Waals surface area contributed by atoms with Crippen LogP contribution in [0.5, 0.6) is 11.5 Å². The normalized spacial score (nSPS) is 15.2. The molecular formula is C22H30N3O2S+. The van der Waals surface area contributed by atoms with Crippen molar-refractivity contribution in [3.05, 3.63) is 48.5 Å². The molecule has 0 aromatic heterocycles. The summed E-state index contributed by atoms with van der Waals surface area (Å²) in [4.78, 5) is 5.87. The van der Waals surface area contributed by atoms with Crippen molar-refractivity contribution in [3.8, 4) is 11.5 Å². The van der Waals surface area contributed by atoms with Gasteiger partial charge in [-0.25, -0.2) is 0 Å². The van der Waals surface area contributed by atoms with E-state index in [1.54, 1.807) is 0 Å². The molecule has 0 radical (unpaired) electrons. The van der Waals surface area contributed by atoms with E-state index in [9.17, 15) is 0 Å². The quantitative estimate of drug-likeness (QED) is 0.721. The summed E-state index contributed by atoms with van der Waals surface area (Å²) in [6.45, 7) is 11.5. The van der Waals surface area contributed by atoms with Crippen LogP contribution >= 0.6 is 12.2 Å². The molecule has 3 rings (SSSR count). The van der Waals surface area contributed by atoms with Crippen LogP contribution in [0, 0.1) is 0 Å². The number of quaternary nitrogens is 1. The van der Waals surface area contributed by atoms with Crippen LogP contribution in [0.2, 0.25) is 0 Å². The molecule has 5 nitrogen and oxygen atoms in total. The van der Waals surface area contributed by atoms with E-state index in [0.29, 0.717) is 19.3 Å². The van der Waals surface area contributed by atoms with Crippen LogP contribution in [0.1, 0.15) is 27.7 Å². The molecule has 1 saturated heterocycles. The molecule has 0 unspecified atom stereocenters. The molecule has 0 saturated carbocycles. The third kappa shape index (κ3) is 4.56. The van der Waals surface area contributed by atoms with Crippen LogP contribution in [-0.2, 0) is 0 Å². The van der Waals surface area contributed by atoms with E-state index in [4.69, 9.17) is 21.7 Å². The first-order chi connectivity index (χ1) is 13.5. The fourth-order valence-electron chi connectivity index (χ4n) is 3.28. The van der Waals surface area contributed by atoms with Gasteiger partial charge in [0.2, 0.25) is 0 Å². The van der Waals surface area contributed by atoms with Gasteiger partial charge in [-0.05, 0) is 88.4 Å². The lowest BCUT2D eigenvalue weighted by Gasteiger charge is -2.43. The van der Waals surface area contributed by atoms with Gasteiger partial charge in [0.15, 0.2) is 18.4 Å². The summed E-state index contributed by atoms with van der Waals surface area (Å²) in [6.07, 6.45) is 0. The minimum atomic E-state index is 0.485. The Morgan fingerprint density at radius 3 is 1.54 bits per heavy atom. The lowest BCUT2D eigenvalue weighted by Crippen LogP contribution is -3.20. The molecule has 150 valence electrons. The maximum atomic E-state index is 5.90. The predicted molar refractivity (Wildman–Crippen MR) is 119 cm³/mol. The minimum absolute atomic E-state index is 0.485. The molecule has 1 N–H and O–H groups in total. The molecule has 0 aliphatic carbocycles. The third-order valence-electron chi connectivity index (χ3n) is 4.92. The van der Waals surface area contributed by atoms with Crippen molar-refractivity contribution in [3.63, 3.8) is 0 Å². The molecule has 1 aliphatic heterocycles. The number of nitrogens with one attached hydrogen (secondary N) is 1. The Morgan fingerprint density at radius 2 is 1.21 bits per heavy atom. The Kier molecular flexibility index (Phi) is 6.75. The number of benzene rings is 2. The number of hydrogen-bond donors (Lipinski definition) is 1. The average molecular weight is 401 g/mol. The molecule has 2 aromatic rings. The molecule has 1 fully saturated rings. The Bertz CT molecular complexity index is 716. The summed E-state index contributed by atoms with van der Waals surface area (Å²) in [7, 11) is 0. The molecular weight excluding hydrogens is 370 g/mol. The van der Waals surface area contributed by atoms with Gasteiger partial charge in [-0.1, -0.05) is 0 Å². The van der Waals surface area contributed by atoms with Crippen LogP contribution in [-0.4, -0.2) is 37.7 Å². The summed E-state index contributed by atoms with van der Waals surface area (Å²) in [6, 6.07) is 16.8. The summed E-state index contributed by atoms with van der Waals surface area (Å²) in [5, 5.41) is 0.817. The summed E-state index contributed by atoms with van der Waals surface area (Å²) in [5.74, 6) is 1.76. The average Bonchev–Trinajstić information content (AvgIpc) is 2.70. The SMILES string of the molecule is CCOc1ccc(N2C[NH+](C(C)C)CN(c3ccc(OCC)cc3)C2=S)cc1. The number of ether oxygens (including phenoxy) is 2. The molecule has 0 bridgehead atoms. The first kappa shape index (κ1) is 20.4. The minimum Gasteiger partial charge on any atom is -0.494 e. The van der Waals surface area contributed by atoms with Gasteiger partial charge >= 0.3 is 0 Å². The highest BCUT2D eigenvalue weighted by molar-refractivity contribution is 7.80. The summed E-state index contributed by atoms with van der Waals surface area (Å²) in [5.41, 5.74) is 2.17. The molecule has 1 heterocycles. The van der Waals surface area contributed by atoms with Gasteiger partial charge in [-0.3, -0.25) is 14.7 Å². The topological polar surface area (TPSA) is 29.4 Å². The Hall–Kier alpha value is -2.31. The van der Waals surface area contributed by atoms with Gasteiger partial charge in [-0.15, -0.1) is 0 Å². The monoisotopic (exact) mass is 400 g/mol. The number of anilines is 2. The van der Waals surface area contributed by atoms with Crippen molar-refractivity contribution in [2.45, 2.75) is 33.7 Å². The second-order valence-corrected chi connectivity index (χ2v) is 7.49. The second kappa shape index (κ2) is 9.26. The van der Waals surface area contributed by atoms with Crippen LogP contribution in [0.25, 0.3) is 0 Å². The molecule has 0 atom stereocenters. The Balaban J connectivity index is 1.87. The number of thiocarbonyl (C=S) groups is 1. The Morgan fingerprint density at radius 1 is 0.821 bits per heavy atom. The predicted octanol–water partition coefficient (Wildman–Crippen LogP) is 3.30. The van der Waals surface area contributed by atoms with Crippen molar-refractivity contribution < 1.29 is 14.4 Å². The molecule has 0 amide bonds. The molecule has 1 aliphatic rings. The summed E-state index contributed by atoms with van der Waals surface area (Å²) < 4.78 is 11.2. The van der Waals surface area contributed by atoms with Crippen molar-refractivity contribution in [1.82, 2.24) is 0 Å². The number of rotatable bonds is 7. The van der Waals surface area contributed by atoms with Crippen LogP contribution < -0.4 is 24.2 Å². The van der Waals surface area contributed by atoms with Crippen LogP contribution in [0.3, 0.4) is 0 Å². The fourth-order valence-corrected chi connectivity index (χ4v) is 3.62. The number of hydrogen-bond acceptors (Lipinski definition) is 3. The van der Waals surface area contributed by atoms with E-state index in [1.165, 1.54) is 4.90 Å². The standard InChI is InChI=1S/C22H29N3O2S/c1-5-26-20-11-7-18(8-12-20)24-15-23(17(3)4)16-25(22(24)28)19-9-13-21(14-10-19)27-6-2/h7-14,17H,5-6,15-16H2,1-4H3/p+1. The summed E-state index contributed by atoms with van der Waals surface area (Å²) >= 11 is 5.90. The maximum Gasteiger partial charge on any atom is 0.189 e. The van der Waals surface area contributed by atoms with E-state index < -0.39 is 0 Å². The highest BCUT2D eigenvalue weighted by Crippen LogP contribution is 2.25. The van der Waals surface area contributed by atoms with Gasteiger partial charge < -0.3 is 9.47 Å². The molecule has 6 heteroatoms. The Labute approximate surface area is 173 Å². The third-order valence-corrected chi connectivity index (χ3v) is 5.36. The largest absolute Gasteiger partial charge is 0.494 e. The fraction of sp³-hybridized carbons (Fsp3) is 0.409. The lowest BCUT2D eigenvalue weighted by molar-refractivity contribution is -0.920. The van der Waals surface area contributed by atoms with E-state index in [-0.39, 0.29) is 0 Å². The van der Waals surface area contributed by atoms with Crippen molar-refractivity contribution in [2.75, 3.05) is 36.4 Å². The van der Waals surface area contributed by atoms with Gasteiger partial charge in [0.1, 0.15) is 11.5 Å².